The molecule has 0 atom stereocenters. The van der Waals surface area contributed by atoms with Gasteiger partial charge in [-0.05, 0) is 55.8 Å². The fourth-order valence-corrected chi connectivity index (χ4v) is 4.58. The first-order chi connectivity index (χ1) is 14.6. The van der Waals surface area contributed by atoms with Crippen LogP contribution in [-0.2, 0) is 11.3 Å². The van der Waals surface area contributed by atoms with E-state index in [1.165, 1.54) is 17.3 Å². The Morgan fingerprint density at radius 1 is 1.03 bits per heavy atom. The van der Waals surface area contributed by atoms with Gasteiger partial charge in [0.1, 0.15) is 0 Å². The molecule has 5 nitrogen and oxygen atoms in total. The van der Waals surface area contributed by atoms with Crippen molar-refractivity contribution in [1.82, 2.24) is 9.80 Å². The lowest BCUT2D eigenvalue weighted by Crippen LogP contribution is -2.29. The van der Waals surface area contributed by atoms with Crippen molar-refractivity contribution in [3.05, 3.63) is 59.7 Å². The molecule has 2 amide bonds. The third-order valence-electron chi connectivity index (χ3n) is 5.43. The van der Waals surface area contributed by atoms with Gasteiger partial charge < -0.3 is 10.2 Å². The molecular formula is C24H31N3O2S. The summed E-state index contributed by atoms with van der Waals surface area (Å²) in [6, 6.07) is 15.5. The Morgan fingerprint density at radius 3 is 2.50 bits per heavy atom. The number of nitrogens with one attached hydrogen (secondary N) is 1. The molecule has 0 radical (unpaired) electrons. The second kappa shape index (κ2) is 11.2. The minimum absolute atomic E-state index is 0.147. The molecule has 0 spiro atoms. The topological polar surface area (TPSA) is 52.7 Å². The first-order valence-corrected chi connectivity index (χ1v) is 11.7. The fraction of sp³-hybridized carbons (Fsp3) is 0.417. The van der Waals surface area contributed by atoms with Gasteiger partial charge in [-0.25, -0.2) is 0 Å². The van der Waals surface area contributed by atoms with Gasteiger partial charge in [-0.15, -0.1) is 11.8 Å². The zero-order valence-corrected chi connectivity index (χ0v) is 18.7. The lowest BCUT2D eigenvalue weighted by Gasteiger charge is -2.18. The van der Waals surface area contributed by atoms with E-state index < -0.39 is 0 Å². The summed E-state index contributed by atoms with van der Waals surface area (Å²) in [6.45, 7) is 8.86. The number of carbonyl (C=O) groups excluding carboxylic acids is 2. The van der Waals surface area contributed by atoms with Crippen LogP contribution in [0.4, 0.5) is 5.69 Å². The summed E-state index contributed by atoms with van der Waals surface area (Å²) in [5.74, 6) is 0.368. The summed E-state index contributed by atoms with van der Waals surface area (Å²) in [5, 5.41) is 3.02. The fourth-order valence-electron chi connectivity index (χ4n) is 3.63. The quantitative estimate of drug-likeness (QED) is 0.601. The summed E-state index contributed by atoms with van der Waals surface area (Å²) in [7, 11) is 0. The van der Waals surface area contributed by atoms with Crippen LogP contribution in [0.15, 0.2) is 53.4 Å². The number of hydrogen-bond acceptors (Lipinski definition) is 4. The summed E-state index contributed by atoms with van der Waals surface area (Å²) in [5.41, 5.74) is 2.57. The highest BCUT2D eigenvalue weighted by Crippen LogP contribution is 2.25. The molecule has 1 fully saturated rings. The lowest BCUT2D eigenvalue weighted by atomic mass is 10.1. The smallest absolute Gasteiger partial charge is 0.256 e. The molecule has 6 heteroatoms. The Labute approximate surface area is 183 Å². The Balaban J connectivity index is 1.65. The van der Waals surface area contributed by atoms with Crippen LogP contribution in [0.1, 0.15) is 42.6 Å². The predicted molar refractivity (Wildman–Crippen MR) is 124 cm³/mol. The number of nitrogens with zero attached hydrogens (tertiary/aromatic N) is 2. The maximum Gasteiger partial charge on any atom is 0.256 e. The van der Waals surface area contributed by atoms with Crippen molar-refractivity contribution in [2.75, 3.05) is 37.2 Å². The molecular weight excluding hydrogens is 394 g/mol. The molecule has 160 valence electrons. The van der Waals surface area contributed by atoms with Crippen LogP contribution >= 0.6 is 11.8 Å². The van der Waals surface area contributed by atoms with Crippen LogP contribution < -0.4 is 5.32 Å². The van der Waals surface area contributed by atoms with Crippen molar-refractivity contribution in [3.8, 4) is 0 Å². The number of hydrogen-bond donors (Lipinski definition) is 1. The first-order valence-electron chi connectivity index (χ1n) is 10.7. The number of rotatable bonds is 9. The van der Waals surface area contributed by atoms with Crippen molar-refractivity contribution < 1.29 is 9.59 Å². The normalized spacial score (nSPS) is 13.6. The maximum absolute atomic E-state index is 13.0. The number of amides is 2. The predicted octanol–water partition coefficient (Wildman–Crippen LogP) is 4.50. The van der Waals surface area contributed by atoms with E-state index >= 15 is 0 Å². The van der Waals surface area contributed by atoms with Gasteiger partial charge in [0.2, 0.25) is 5.91 Å². The van der Waals surface area contributed by atoms with Crippen LogP contribution in [-0.4, -0.2) is 53.5 Å². The van der Waals surface area contributed by atoms with Gasteiger partial charge in [0.25, 0.3) is 5.91 Å². The van der Waals surface area contributed by atoms with E-state index in [4.69, 9.17) is 0 Å². The van der Waals surface area contributed by atoms with Gasteiger partial charge in [0.15, 0.2) is 0 Å². The average Bonchev–Trinajstić information content (AvgIpc) is 3.31. The first kappa shape index (κ1) is 22.4. The minimum Gasteiger partial charge on any atom is -0.342 e. The van der Waals surface area contributed by atoms with Crippen LogP contribution in [0.3, 0.4) is 0 Å². The molecule has 30 heavy (non-hydrogen) atoms. The maximum atomic E-state index is 13.0. The van der Waals surface area contributed by atoms with Gasteiger partial charge in [-0.3, -0.25) is 14.5 Å². The Bertz CT molecular complexity index is 861. The largest absolute Gasteiger partial charge is 0.342 e. The zero-order valence-electron chi connectivity index (χ0n) is 17.9. The summed E-state index contributed by atoms with van der Waals surface area (Å²) in [6.07, 6.45) is 2.17. The second-order valence-electron chi connectivity index (χ2n) is 7.49. The zero-order chi connectivity index (χ0) is 21.3. The number of carbonyl (C=O) groups is 2. The molecule has 0 aromatic heterocycles. The molecule has 1 heterocycles. The highest BCUT2D eigenvalue weighted by molar-refractivity contribution is 8.00. The standard InChI is InChI=1S/C24H31N3O2S/c1-3-26(4-2)17-19-10-9-11-20(16-19)25-24(29)21-12-5-6-13-22(21)30-18-23(28)27-14-7-8-15-27/h5-6,9-13,16H,3-4,7-8,14-15,17-18H2,1-2H3,(H,25,29). The third kappa shape index (κ3) is 6.09. The van der Waals surface area contributed by atoms with E-state index in [0.717, 1.165) is 56.1 Å². The summed E-state index contributed by atoms with van der Waals surface area (Å²) in [4.78, 5) is 30.4. The van der Waals surface area contributed by atoms with E-state index in [9.17, 15) is 9.59 Å². The highest BCUT2D eigenvalue weighted by atomic mass is 32.2. The van der Waals surface area contributed by atoms with Crippen molar-refractivity contribution in [1.29, 1.82) is 0 Å². The number of likely N-dealkylation sites (tertiary alicyclic amines) is 1. The van der Waals surface area contributed by atoms with Crippen molar-refractivity contribution >= 4 is 29.3 Å². The molecule has 3 rings (SSSR count). The van der Waals surface area contributed by atoms with E-state index in [-0.39, 0.29) is 11.8 Å². The lowest BCUT2D eigenvalue weighted by molar-refractivity contribution is -0.127. The monoisotopic (exact) mass is 425 g/mol. The minimum atomic E-state index is -0.147. The Hall–Kier alpha value is -2.31. The second-order valence-corrected chi connectivity index (χ2v) is 8.51. The molecule has 2 aromatic carbocycles. The SMILES string of the molecule is CCN(CC)Cc1cccc(NC(=O)c2ccccc2SCC(=O)N2CCCC2)c1. The van der Waals surface area contributed by atoms with Crippen LogP contribution in [0.2, 0.25) is 0 Å². The molecule has 2 aromatic rings. The average molecular weight is 426 g/mol. The van der Waals surface area contributed by atoms with Gasteiger partial charge >= 0.3 is 0 Å². The molecule has 1 saturated heterocycles. The molecule has 0 aliphatic carbocycles. The van der Waals surface area contributed by atoms with Crippen molar-refractivity contribution in [2.24, 2.45) is 0 Å². The van der Waals surface area contributed by atoms with Crippen molar-refractivity contribution in [2.45, 2.75) is 38.1 Å². The van der Waals surface area contributed by atoms with Gasteiger partial charge in [0.05, 0.1) is 11.3 Å². The van der Waals surface area contributed by atoms with E-state index in [1.54, 1.807) is 0 Å². The molecule has 0 unspecified atom stereocenters. The van der Waals surface area contributed by atoms with Crippen molar-refractivity contribution in [3.63, 3.8) is 0 Å². The molecule has 0 bridgehead atoms. The van der Waals surface area contributed by atoms with Gasteiger partial charge in [0, 0.05) is 30.2 Å². The van der Waals surface area contributed by atoms with E-state index in [0.29, 0.717) is 11.3 Å². The summed E-state index contributed by atoms with van der Waals surface area (Å²) >= 11 is 1.44. The number of benzene rings is 2. The molecule has 1 N–H and O–H groups in total. The third-order valence-corrected chi connectivity index (χ3v) is 6.49. The van der Waals surface area contributed by atoms with Crippen LogP contribution in [0, 0.1) is 0 Å². The number of thioether (sulfide) groups is 1. The van der Waals surface area contributed by atoms with Gasteiger partial charge in [-0.1, -0.05) is 38.1 Å². The highest BCUT2D eigenvalue weighted by Gasteiger charge is 2.19. The van der Waals surface area contributed by atoms with Gasteiger partial charge in [-0.2, -0.15) is 0 Å². The Kier molecular flexibility index (Phi) is 8.34. The Morgan fingerprint density at radius 2 is 1.77 bits per heavy atom. The molecule has 1 aliphatic rings. The van der Waals surface area contributed by atoms with E-state index in [1.807, 2.05) is 47.4 Å². The van der Waals surface area contributed by atoms with E-state index in [2.05, 4.69) is 30.1 Å². The van der Waals surface area contributed by atoms with Crippen LogP contribution in [0.5, 0.6) is 0 Å². The number of anilines is 1. The molecule has 1 aliphatic heterocycles. The van der Waals surface area contributed by atoms with Crippen LogP contribution in [0.25, 0.3) is 0 Å². The molecule has 0 saturated carbocycles. The summed E-state index contributed by atoms with van der Waals surface area (Å²) < 4.78 is 0.